The number of rotatable bonds is 7. The van der Waals surface area contributed by atoms with E-state index in [0.717, 1.165) is 21.7 Å². The van der Waals surface area contributed by atoms with Crippen LogP contribution >= 0.6 is 11.3 Å². The summed E-state index contributed by atoms with van der Waals surface area (Å²) < 4.78 is 5.19. The number of carbonyl (C=O) groups is 2. The Balaban J connectivity index is 1.43. The minimum Gasteiger partial charge on any atom is -0.388 e. The molecular weight excluding hydrogens is 442 g/mol. The number of aromatic nitrogens is 2. The summed E-state index contributed by atoms with van der Waals surface area (Å²) in [5, 5.41) is 24.5. The van der Waals surface area contributed by atoms with Gasteiger partial charge in [-0.05, 0) is 38.3 Å². The van der Waals surface area contributed by atoms with Crippen molar-refractivity contribution in [1.29, 1.82) is 0 Å². The van der Waals surface area contributed by atoms with E-state index in [1.54, 1.807) is 31.3 Å². The number of hydrogen-bond acceptors (Lipinski definition) is 8. The number of aliphatic hydroxyl groups is 2. The number of thiazole rings is 1. The number of aliphatic hydroxyl groups excluding tert-OH is 2. The van der Waals surface area contributed by atoms with Crippen molar-refractivity contribution in [3.8, 4) is 10.4 Å². The first-order valence-corrected chi connectivity index (χ1v) is 11.8. The van der Waals surface area contributed by atoms with Gasteiger partial charge in [-0.3, -0.25) is 9.59 Å². The van der Waals surface area contributed by atoms with E-state index in [0.29, 0.717) is 17.9 Å². The van der Waals surface area contributed by atoms with Crippen LogP contribution in [-0.2, 0) is 16.0 Å². The number of benzene rings is 1. The lowest BCUT2D eigenvalue weighted by Gasteiger charge is -2.26. The third-order valence-corrected chi connectivity index (χ3v) is 7.09. The number of carbonyl (C=O) groups excluding carboxylic acids is 2. The van der Waals surface area contributed by atoms with Gasteiger partial charge in [0.1, 0.15) is 17.9 Å². The minimum absolute atomic E-state index is 0.100. The average molecular weight is 470 g/mol. The van der Waals surface area contributed by atoms with Crippen molar-refractivity contribution in [2.45, 2.75) is 57.8 Å². The molecule has 1 aliphatic heterocycles. The number of β-amino-alcohol motifs (C(OH)–C–C–N with tert-alkyl or cyclic N) is 1. The summed E-state index contributed by atoms with van der Waals surface area (Å²) in [6.45, 7) is 5.28. The Kier molecular flexibility index (Phi) is 6.73. The molecule has 2 N–H and O–H groups in total. The van der Waals surface area contributed by atoms with E-state index >= 15 is 0 Å². The summed E-state index contributed by atoms with van der Waals surface area (Å²) in [4.78, 5) is 32.8. The highest BCUT2D eigenvalue weighted by molar-refractivity contribution is 7.13. The van der Waals surface area contributed by atoms with Crippen LogP contribution in [0, 0.1) is 13.8 Å². The summed E-state index contributed by atoms with van der Waals surface area (Å²) in [6.07, 6.45) is -1.87. The first-order valence-electron chi connectivity index (χ1n) is 10.9. The van der Waals surface area contributed by atoms with Crippen LogP contribution < -0.4 is 0 Å². The van der Waals surface area contributed by atoms with Gasteiger partial charge in [-0.25, -0.2) is 4.98 Å². The summed E-state index contributed by atoms with van der Waals surface area (Å²) in [5.74, 6) is -0.960. The Hall–Kier alpha value is -2.88. The van der Waals surface area contributed by atoms with Gasteiger partial charge in [0.15, 0.2) is 5.78 Å². The number of Topliss-reactive ketones (excluding diaryl/α,β-unsaturated/α-hetero) is 1. The van der Waals surface area contributed by atoms with Gasteiger partial charge in [-0.15, -0.1) is 11.3 Å². The summed E-state index contributed by atoms with van der Waals surface area (Å²) in [5.41, 5.74) is 5.50. The Morgan fingerprint density at radius 3 is 2.58 bits per heavy atom. The molecule has 0 spiro atoms. The van der Waals surface area contributed by atoms with E-state index in [2.05, 4.69) is 10.1 Å². The third kappa shape index (κ3) is 4.75. The van der Waals surface area contributed by atoms with Gasteiger partial charge in [0, 0.05) is 12.5 Å². The van der Waals surface area contributed by atoms with Crippen LogP contribution in [0.5, 0.6) is 0 Å². The number of amides is 1. The van der Waals surface area contributed by atoms with E-state index in [1.807, 2.05) is 36.7 Å². The van der Waals surface area contributed by atoms with Gasteiger partial charge >= 0.3 is 0 Å². The smallest absolute Gasteiger partial charge is 0.233 e. The Labute approximate surface area is 195 Å². The lowest BCUT2D eigenvalue weighted by atomic mass is 9.98. The molecule has 0 aliphatic carbocycles. The second kappa shape index (κ2) is 9.54. The maximum Gasteiger partial charge on any atom is 0.233 e. The lowest BCUT2D eigenvalue weighted by molar-refractivity contribution is -0.140. The summed E-state index contributed by atoms with van der Waals surface area (Å²) >= 11 is 1.58. The molecule has 3 aromatic rings. The highest BCUT2D eigenvalue weighted by atomic mass is 32.1. The normalized spacial score (nSPS) is 21.4. The van der Waals surface area contributed by atoms with E-state index in [1.165, 1.54) is 4.90 Å². The number of likely N-dealkylation sites (tertiary alicyclic amines) is 1. The quantitative estimate of drug-likeness (QED) is 0.546. The topological polar surface area (TPSA) is 117 Å². The Morgan fingerprint density at radius 2 is 1.97 bits per heavy atom. The van der Waals surface area contributed by atoms with Crippen LogP contribution in [-0.4, -0.2) is 61.7 Å². The van der Waals surface area contributed by atoms with E-state index in [9.17, 15) is 19.8 Å². The van der Waals surface area contributed by atoms with Gasteiger partial charge in [-0.2, -0.15) is 0 Å². The zero-order valence-electron chi connectivity index (χ0n) is 18.8. The fourth-order valence-corrected chi connectivity index (χ4v) is 5.00. The zero-order chi connectivity index (χ0) is 23.7. The second-order valence-electron chi connectivity index (χ2n) is 8.52. The predicted octanol–water partition coefficient (Wildman–Crippen LogP) is 2.65. The van der Waals surface area contributed by atoms with Gasteiger partial charge in [-0.1, -0.05) is 29.4 Å². The molecule has 1 aromatic carbocycles. The van der Waals surface area contributed by atoms with Crippen LogP contribution in [0.3, 0.4) is 0 Å². The summed E-state index contributed by atoms with van der Waals surface area (Å²) in [7, 11) is 0. The van der Waals surface area contributed by atoms with Crippen LogP contribution in [0.1, 0.15) is 42.0 Å². The molecule has 0 radical (unpaired) electrons. The van der Waals surface area contributed by atoms with Crippen molar-refractivity contribution in [2.75, 3.05) is 6.54 Å². The van der Waals surface area contributed by atoms with Gasteiger partial charge in [0.05, 0.1) is 40.3 Å². The molecule has 0 unspecified atom stereocenters. The molecule has 1 fully saturated rings. The molecule has 1 aliphatic rings. The highest BCUT2D eigenvalue weighted by Crippen LogP contribution is 2.29. The van der Waals surface area contributed by atoms with Crippen molar-refractivity contribution in [1.82, 2.24) is 15.0 Å². The molecule has 3 heterocycles. The second-order valence-corrected chi connectivity index (χ2v) is 9.37. The molecule has 1 amide bonds. The van der Waals surface area contributed by atoms with Crippen molar-refractivity contribution in [3.63, 3.8) is 0 Å². The van der Waals surface area contributed by atoms with E-state index < -0.39 is 24.2 Å². The molecule has 2 aromatic heterocycles. The first-order chi connectivity index (χ1) is 15.8. The van der Waals surface area contributed by atoms with Crippen molar-refractivity contribution >= 4 is 23.0 Å². The van der Waals surface area contributed by atoms with E-state index in [4.69, 9.17) is 4.52 Å². The van der Waals surface area contributed by atoms with Crippen molar-refractivity contribution < 1.29 is 24.3 Å². The molecule has 4 rings (SSSR count). The molecule has 0 bridgehead atoms. The SMILES string of the molecule is Cc1cc([C@@H](C)C(=O)N2C[C@H](O)[C@H](O)[C@H]2C(=O)CCc2ccc(-c3scnc3C)cc2)on1. The summed E-state index contributed by atoms with van der Waals surface area (Å²) in [6, 6.07) is 8.53. The van der Waals surface area contributed by atoms with E-state index in [-0.39, 0.29) is 24.7 Å². The van der Waals surface area contributed by atoms with Gasteiger partial charge < -0.3 is 19.6 Å². The van der Waals surface area contributed by atoms with Crippen LogP contribution in [0.15, 0.2) is 40.4 Å². The minimum atomic E-state index is -1.32. The van der Waals surface area contributed by atoms with Crippen LogP contribution in [0.2, 0.25) is 0 Å². The number of hydrogen-bond donors (Lipinski definition) is 2. The lowest BCUT2D eigenvalue weighted by Crippen LogP contribution is -2.46. The third-order valence-electron chi connectivity index (χ3n) is 6.12. The molecule has 0 saturated carbocycles. The molecule has 33 heavy (non-hydrogen) atoms. The monoisotopic (exact) mass is 469 g/mol. The average Bonchev–Trinajstić information content (AvgIpc) is 3.51. The largest absolute Gasteiger partial charge is 0.388 e. The number of aryl methyl sites for hydroxylation is 3. The Morgan fingerprint density at radius 1 is 1.24 bits per heavy atom. The molecule has 4 atom stereocenters. The van der Waals surface area contributed by atoms with Crippen molar-refractivity contribution in [2.24, 2.45) is 0 Å². The highest BCUT2D eigenvalue weighted by Gasteiger charge is 2.47. The molecule has 1 saturated heterocycles. The van der Waals surface area contributed by atoms with Crippen molar-refractivity contribution in [3.05, 3.63) is 58.6 Å². The Bertz CT molecular complexity index is 1140. The zero-order valence-corrected chi connectivity index (χ0v) is 19.6. The standard InChI is InChI=1S/C24H27N3O5S/c1-13-10-20(32-26-13)14(2)24(31)27-11-19(29)22(30)21(27)18(28)9-6-16-4-7-17(8-5-16)23-15(3)25-12-33-23/h4-5,7-8,10,12,14,19,21-22,29-30H,6,9,11H2,1-3H3/t14-,19+,21-,22+/m1/s1. The number of nitrogens with zero attached hydrogens (tertiary/aromatic N) is 3. The molecular formula is C24H27N3O5S. The maximum absolute atomic E-state index is 13.1. The maximum atomic E-state index is 13.1. The first kappa shape index (κ1) is 23.3. The molecule has 8 nitrogen and oxygen atoms in total. The van der Waals surface area contributed by atoms with Crippen LogP contribution in [0.4, 0.5) is 0 Å². The fraction of sp³-hybridized carbons (Fsp3) is 0.417. The van der Waals surface area contributed by atoms with Crippen LogP contribution in [0.25, 0.3) is 10.4 Å². The molecule has 9 heteroatoms. The number of ketones is 1. The molecule has 174 valence electrons. The van der Waals surface area contributed by atoms with Gasteiger partial charge in [0.2, 0.25) is 5.91 Å². The van der Waals surface area contributed by atoms with Gasteiger partial charge in [0.25, 0.3) is 0 Å². The predicted molar refractivity (Wildman–Crippen MR) is 123 cm³/mol. The fourth-order valence-electron chi connectivity index (χ4n) is 4.18.